The van der Waals surface area contributed by atoms with Gasteiger partial charge in [-0.2, -0.15) is 0 Å². The lowest BCUT2D eigenvalue weighted by atomic mass is 10.2. The van der Waals surface area contributed by atoms with Crippen LogP contribution in [-0.4, -0.2) is 71.7 Å². The van der Waals surface area contributed by atoms with E-state index in [9.17, 15) is 28.0 Å². The molecule has 0 bridgehead atoms. The van der Waals surface area contributed by atoms with E-state index in [1.54, 1.807) is 0 Å². The average molecular weight is 482 g/mol. The molecule has 2 aromatic carbocycles. The summed E-state index contributed by atoms with van der Waals surface area (Å²) in [6.45, 7) is 2.03. The molecule has 0 N–H and O–H groups in total. The zero-order valence-corrected chi connectivity index (χ0v) is 18.9. The molecule has 3 heterocycles. The molecule has 0 unspecified atom stereocenters. The summed E-state index contributed by atoms with van der Waals surface area (Å²) < 4.78 is 26.5. The van der Waals surface area contributed by atoms with Gasteiger partial charge < -0.3 is 0 Å². The lowest BCUT2D eigenvalue weighted by molar-refractivity contribution is -0.124. The van der Waals surface area contributed by atoms with Crippen LogP contribution in [0.5, 0.6) is 0 Å². The van der Waals surface area contributed by atoms with E-state index in [4.69, 9.17) is 0 Å². The van der Waals surface area contributed by atoms with Crippen molar-refractivity contribution < 1.29 is 28.0 Å². The summed E-state index contributed by atoms with van der Waals surface area (Å²) in [5.74, 6) is -2.25. The quantitative estimate of drug-likeness (QED) is 0.620. The second-order valence-corrected chi connectivity index (χ2v) is 8.95. The number of amides is 4. The van der Waals surface area contributed by atoms with Crippen molar-refractivity contribution >= 4 is 35.0 Å². The normalized spacial score (nSPS) is 24.5. The first-order valence-electron chi connectivity index (χ1n) is 11.6. The van der Waals surface area contributed by atoms with Gasteiger partial charge in [0.05, 0.1) is 36.3 Å². The van der Waals surface area contributed by atoms with Gasteiger partial charge in [-0.25, -0.2) is 18.6 Å². The number of hydrogen-bond donors (Lipinski definition) is 0. The fourth-order valence-corrected chi connectivity index (χ4v) is 5.11. The number of halogens is 2. The monoisotopic (exact) mass is 482 g/mol. The first kappa shape index (κ1) is 23.3. The van der Waals surface area contributed by atoms with Crippen molar-refractivity contribution in [3.8, 4) is 0 Å². The molecule has 0 aliphatic carbocycles. The minimum Gasteiger partial charge on any atom is -0.290 e. The molecule has 35 heavy (non-hydrogen) atoms. The summed E-state index contributed by atoms with van der Waals surface area (Å²) in [6.07, 6.45) is 0.730. The third-order valence-electron chi connectivity index (χ3n) is 6.86. The smallest absolute Gasteiger partial charge is 0.251 e. The maximum Gasteiger partial charge on any atom is 0.251 e. The third-order valence-corrected chi connectivity index (χ3v) is 6.86. The highest BCUT2D eigenvalue weighted by Crippen LogP contribution is 2.29. The van der Waals surface area contributed by atoms with Crippen molar-refractivity contribution in [3.63, 3.8) is 0 Å². The summed E-state index contributed by atoms with van der Waals surface area (Å²) >= 11 is 0. The predicted octanol–water partition coefficient (Wildman–Crippen LogP) is 1.94. The van der Waals surface area contributed by atoms with Crippen LogP contribution in [0.1, 0.15) is 19.3 Å². The minimum atomic E-state index is -0.621. The van der Waals surface area contributed by atoms with Gasteiger partial charge in [0.15, 0.2) is 0 Å². The Kier molecular flexibility index (Phi) is 6.16. The summed E-state index contributed by atoms with van der Waals surface area (Å²) in [6, 6.07) is 9.24. The van der Waals surface area contributed by atoms with E-state index in [2.05, 4.69) is 0 Å². The number of imide groups is 2. The molecule has 3 aliphatic rings. The van der Waals surface area contributed by atoms with Gasteiger partial charge >= 0.3 is 0 Å². The van der Waals surface area contributed by atoms with Gasteiger partial charge in [0.2, 0.25) is 11.8 Å². The number of rotatable bonds is 4. The van der Waals surface area contributed by atoms with Crippen molar-refractivity contribution in [3.05, 3.63) is 60.2 Å². The average Bonchev–Trinajstić information content (AvgIpc) is 3.17. The van der Waals surface area contributed by atoms with Gasteiger partial charge in [0.25, 0.3) is 11.8 Å². The predicted molar refractivity (Wildman–Crippen MR) is 122 cm³/mol. The van der Waals surface area contributed by atoms with Crippen LogP contribution in [0.4, 0.5) is 20.2 Å². The number of nitrogens with zero attached hydrogens (tertiary/aromatic N) is 4. The van der Waals surface area contributed by atoms with Crippen LogP contribution in [0.25, 0.3) is 0 Å². The van der Waals surface area contributed by atoms with E-state index in [0.29, 0.717) is 44.0 Å². The Morgan fingerprint density at radius 2 is 0.943 bits per heavy atom. The highest BCUT2D eigenvalue weighted by Gasteiger charge is 2.45. The molecule has 8 nitrogen and oxygen atoms in total. The first-order valence-corrected chi connectivity index (χ1v) is 11.6. The van der Waals surface area contributed by atoms with Crippen LogP contribution in [0, 0.1) is 11.6 Å². The molecule has 0 aromatic heterocycles. The van der Waals surface area contributed by atoms with Crippen molar-refractivity contribution in [2.24, 2.45) is 0 Å². The Morgan fingerprint density at radius 3 is 1.31 bits per heavy atom. The topological polar surface area (TPSA) is 81.2 Å². The van der Waals surface area contributed by atoms with Gasteiger partial charge in [-0.1, -0.05) is 0 Å². The van der Waals surface area contributed by atoms with Crippen LogP contribution >= 0.6 is 0 Å². The molecule has 3 saturated heterocycles. The molecule has 182 valence electrons. The zero-order valence-electron chi connectivity index (χ0n) is 18.9. The number of hydrogen-bond acceptors (Lipinski definition) is 6. The van der Waals surface area contributed by atoms with Gasteiger partial charge in [-0.05, 0) is 55.0 Å². The fourth-order valence-electron chi connectivity index (χ4n) is 5.11. The summed E-state index contributed by atoms with van der Waals surface area (Å²) in [4.78, 5) is 57.5. The molecule has 0 saturated carbocycles. The molecule has 10 heteroatoms. The maximum atomic E-state index is 13.3. The van der Waals surface area contributed by atoms with E-state index >= 15 is 0 Å². The van der Waals surface area contributed by atoms with Gasteiger partial charge in [-0.15, -0.1) is 0 Å². The van der Waals surface area contributed by atoms with E-state index in [-0.39, 0.29) is 36.5 Å². The molecular formula is C25H24F2N4O4. The second kappa shape index (κ2) is 9.27. The van der Waals surface area contributed by atoms with E-state index < -0.39 is 23.7 Å². The molecule has 4 amide bonds. The fraction of sp³-hybridized carbons (Fsp3) is 0.360. The molecule has 5 rings (SSSR count). The van der Waals surface area contributed by atoms with E-state index in [1.165, 1.54) is 48.5 Å². The Balaban J connectivity index is 1.26. The summed E-state index contributed by atoms with van der Waals surface area (Å²) in [5.41, 5.74) is 0.688. The lowest BCUT2D eigenvalue weighted by Crippen LogP contribution is -2.46. The molecule has 0 radical (unpaired) electrons. The van der Waals surface area contributed by atoms with E-state index in [1.807, 2.05) is 9.80 Å². The Labute approximate surface area is 200 Å². The molecule has 3 aliphatic heterocycles. The Morgan fingerprint density at radius 1 is 0.571 bits per heavy atom. The minimum absolute atomic E-state index is 0.0371. The number of carbonyl (C=O) groups is 4. The standard InChI is InChI=1S/C25H24F2N4O4/c26-16-2-6-18(7-3-16)30-22(32)14-20(24(30)34)28-10-1-11-29(13-12-28)21-15-23(33)31(25(21)35)19-8-4-17(27)5-9-19/h2-9,20-21H,1,10-15H2/t20-,21-/m0/s1. The number of carbonyl (C=O) groups excluding carboxylic acids is 4. The largest absolute Gasteiger partial charge is 0.290 e. The van der Waals surface area contributed by atoms with Crippen LogP contribution in [0.2, 0.25) is 0 Å². The molecule has 2 atom stereocenters. The maximum absolute atomic E-state index is 13.3. The van der Waals surface area contributed by atoms with Crippen LogP contribution in [0.15, 0.2) is 48.5 Å². The Bertz CT molecular complexity index is 1080. The second-order valence-electron chi connectivity index (χ2n) is 8.95. The van der Waals surface area contributed by atoms with Gasteiger partial charge in [0, 0.05) is 26.2 Å². The SMILES string of the molecule is O=C1C[C@H](N2CCCN([C@H]3CC(=O)N(c4ccc(F)cc4)C3=O)CC2)C(=O)N1c1ccc(F)cc1. The van der Waals surface area contributed by atoms with Crippen molar-refractivity contribution in [1.29, 1.82) is 0 Å². The number of anilines is 2. The van der Waals surface area contributed by atoms with Gasteiger partial charge in [-0.3, -0.25) is 29.0 Å². The summed E-state index contributed by atoms with van der Waals surface area (Å²) in [5, 5.41) is 0. The summed E-state index contributed by atoms with van der Waals surface area (Å²) in [7, 11) is 0. The lowest BCUT2D eigenvalue weighted by Gasteiger charge is -2.27. The molecular weight excluding hydrogens is 458 g/mol. The molecule has 3 fully saturated rings. The van der Waals surface area contributed by atoms with Crippen molar-refractivity contribution in [2.75, 3.05) is 36.0 Å². The van der Waals surface area contributed by atoms with Crippen LogP contribution in [-0.2, 0) is 19.2 Å². The highest BCUT2D eigenvalue weighted by atomic mass is 19.1. The van der Waals surface area contributed by atoms with Crippen molar-refractivity contribution in [1.82, 2.24) is 9.80 Å². The Hall–Kier alpha value is -3.50. The van der Waals surface area contributed by atoms with Gasteiger partial charge in [0.1, 0.15) is 11.6 Å². The zero-order chi connectivity index (χ0) is 24.7. The molecule has 0 spiro atoms. The van der Waals surface area contributed by atoms with Crippen LogP contribution < -0.4 is 9.80 Å². The highest BCUT2D eigenvalue weighted by molar-refractivity contribution is 6.23. The van der Waals surface area contributed by atoms with Crippen LogP contribution in [0.3, 0.4) is 0 Å². The third kappa shape index (κ3) is 4.35. The first-order chi connectivity index (χ1) is 16.8. The van der Waals surface area contributed by atoms with Crippen molar-refractivity contribution in [2.45, 2.75) is 31.3 Å². The molecule has 2 aromatic rings. The van der Waals surface area contributed by atoms with E-state index in [0.717, 1.165) is 9.80 Å². The number of benzene rings is 2.